The maximum absolute atomic E-state index is 8.88. The van der Waals surface area contributed by atoms with Gasteiger partial charge < -0.3 is 0 Å². The number of hydrogen-bond acceptors (Lipinski definition) is 4. The summed E-state index contributed by atoms with van der Waals surface area (Å²) in [5.74, 6) is 0. The third kappa shape index (κ3) is 24.9. The molecule has 1 saturated carbocycles. The first kappa shape index (κ1) is 14.3. The number of rotatable bonds is 0. The predicted molar refractivity (Wildman–Crippen MR) is 50.2 cm³/mol. The summed E-state index contributed by atoms with van der Waals surface area (Å²) in [5.41, 5.74) is 0. The molecule has 1 fully saturated rings. The predicted octanol–water partition coefficient (Wildman–Crippen LogP) is 2.19. The number of hydrogen-bond donors (Lipinski definition) is 1. The lowest BCUT2D eigenvalue weighted by Crippen LogP contribution is -1.85. The van der Waals surface area contributed by atoms with Crippen LogP contribution in [0.15, 0.2) is 4.99 Å². The number of nitrogens with zero attached hydrogens (tertiary/aromatic N) is 1. The SMILES string of the molecule is C1CCCCC1.CN=C=O.N=C=O. The first-order chi connectivity index (χ1) is 6.33. The smallest absolute Gasteiger partial charge is 0.222 e. The molecule has 0 saturated heterocycles. The quantitative estimate of drug-likeness (QED) is 0.463. The van der Waals surface area contributed by atoms with Crippen molar-refractivity contribution in [3.8, 4) is 0 Å². The molecule has 0 heterocycles. The highest BCUT2D eigenvalue weighted by molar-refractivity contribution is 5.32. The van der Waals surface area contributed by atoms with E-state index in [1.54, 1.807) is 0 Å². The summed E-state index contributed by atoms with van der Waals surface area (Å²) in [5, 5.41) is 5.40. The van der Waals surface area contributed by atoms with Gasteiger partial charge >= 0.3 is 0 Å². The highest BCUT2D eigenvalue weighted by Crippen LogP contribution is 2.15. The molecule has 0 radical (unpaired) electrons. The van der Waals surface area contributed by atoms with Crippen LogP contribution in [0.1, 0.15) is 38.5 Å². The van der Waals surface area contributed by atoms with Crippen LogP contribution in [0.25, 0.3) is 0 Å². The van der Waals surface area contributed by atoms with E-state index in [1.165, 1.54) is 51.7 Å². The molecule has 1 aliphatic rings. The Morgan fingerprint density at radius 2 is 1.15 bits per heavy atom. The van der Waals surface area contributed by atoms with Crippen LogP contribution in [0.4, 0.5) is 0 Å². The maximum atomic E-state index is 8.88. The first-order valence-corrected chi connectivity index (χ1v) is 4.33. The Hall–Kier alpha value is -1.24. The van der Waals surface area contributed by atoms with Gasteiger partial charge in [-0.15, -0.1) is 0 Å². The molecule has 0 atom stereocenters. The summed E-state index contributed by atoms with van der Waals surface area (Å²) in [6.07, 6.45) is 11.1. The van der Waals surface area contributed by atoms with E-state index < -0.39 is 0 Å². The standard InChI is InChI=1S/C6H12.C2H3NO.CHNO/c1-2-4-6-5-3-1;1-3-2-4;2-1-3/h1-6H2;1H3;2H. The first-order valence-electron chi connectivity index (χ1n) is 4.33. The van der Waals surface area contributed by atoms with Crippen molar-refractivity contribution in [2.45, 2.75) is 38.5 Å². The molecule has 13 heavy (non-hydrogen) atoms. The lowest BCUT2D eigenvalue weighted by molar-refractivity contribution is 0.504. The van der Waals surface area contributed by atoms with Gasteiger partial charge in [-0.1, -0.05) is 38.5 Å². The van der Waals surface area contributed by atoms with Crippen molar-refractivity contribution in [2.24, 2.45) is 4.99 Å². The van der Waals surface area contributed by atoms with Crippen molar-refractivity contribution in [1.29, 1.82) is 5.41 Å². The van der Waals surface area contributed by atoms with Gasteiger partial charge in [-0.3, -0.25) is 0 Å². The van der Waals surface area contributed by atoms with Gasteiger partial charge in [0.1, 0.15) is 0 Å². The molecule has 1 rings (SSSR count). The van der Waals surface area contributed by atoms with Crippen LogP contribution in [0, 0.1) is 5.41 Å². The number of nitrogens with one attached hydrogen (secondary N) is 1. The fourth-order valence-corrected chi connectivity index (χ4v) is 1.06. The highest BCUT2D eigenvalue weighted by Gasteiger charge is 1.95. The summed E-state index contributed by atoms with van der Waals surface area (Å²) >= 11 is 0. The fraction of sp³-hybridized carbons (Fsp3) is 0.778. The second-order valence-electron chi connectivity index (χ2n) is 2.54. The zero-order chi connectivity index (χ0) is 10.4. The largest absolute Gasteiger partial charge is 0.234 e. The minimum Gasteiger partial charge on any atom is -0.222 e. The van der Waals surface area contributed by atoms with Gasteiger partial charge in [0.2, 0.25) is 12.2 Å². The molecule has 74 valence electrons. The van der Waals surface area contributed by atoms with Crippen LogP contribution >= 0.6 is 0 Å². The van der Waals surface area contributed by atoms with Crippen molar-refractivity contribution in [3.63, 3.8) is 0 Å². The van der Waals surface area contributed by atoms with Gasteiger partial charge in [-0.05, 0) is 0 Å². The summed E-state index contributed by atoms with van der Waals surface area (Å²) in [7, 11) is 1.38. The van der Waals surface area contributed by atoms with Crippen molar-refractivity contribution in [1.82, 2.24) is 0 Å². The third-order valence-electron chi connectivity index (χ3n) is 1.59. The molecule has 0 aromatic heterocycles. The lowest BCUT2D eigenvalue weighted by Gasteiger charge is -2.05. The van der Waals surface area contributed by atoms with Crippen LogP contribution in [-0.4, -0.2) is 19.2 Å². The van der Waals surface area contributed by atoms with Crippen molar-refractivity contribution in [2.75, 3.05) is 7.05 Å². The van der Waals surface area contributed by atoms with E-state index in [4.69, 9.17) is 15.0 Å². The number of isocyanates is 2. The van der Waals surface area contributed by atoms with Crippen LogP contribution in [0.2, 0.25) is 0 Å². The molecule has 0 unspecified atom stereocenters. The molecule has 4 nitrogen and oxygen atoms in total. The summed E-state index contributed by atoms with van der Waals surface area (Å²) in [6, 6.07) is 0. The van der Waals surface area contributed by atoms with Gasteiger partial charge in [0.25, 0.3) is 0 Å². The Morgan fingerprint density at radius 3 is 1.23 bits per heavy atom. The van der Waals surface area contributed by atoms with Crippen LogP contribution < -0.4 is 0 Å². The van der Waals surface area contributed by atoms with Gasteiger partial charge in [0.05, 0.1) is 0 Å². The monoisotopic (exact) mass is 184 g/mol. The lowest BCUT2D eigenvalue weighted by atomic mass is 10.0. The molecule has 4 heteroatoms. The Labute approximate surface area is 78.6 Å². The molecule has 0 aromatic carbocycles. The minimum atomic E-state index is 0.750. The van der Waals surface area contributed by atoms with E-state index in [9.17, 15) is 0 Å². The fourth-order valence-electron chi connectivity index (χ4n) is 1.06. The topological polar surface area (TPSA) is 70.3 Å². The molecule has 1 N–H and O–H groups in total. The van der Waals surface area contributed by atoms with Crippen LogP contribution in [-0.2, 0) is 9.59 Å². The van der Waals surface area contributed by atoms with Crippen LogP contribution in [0.3, 0.4) is 0 Å². The maximum Gasteiger partial charge on any atom is 0.234 e. The van der Waals surface area contributed by atoms with Gasteiger partial charge in [-0.2, -0.15) is 0 Å². The van der Waals surface area contributed by atoms with Crippen molar-refractivity contribution < 1.29 is 9.59 Å². The average molecular weight is 184 g/mol. The van der Waals surface area contributed by atoms with Gasteiger partial charge in [-0.25, -0.2) is 20.0 Å². The molecular formula is C9H16N2O2. The molecule has 1 aliphatic carbocycles. The van der Waals surface area contributed by atoms with E-state index in [1.807, 2.05) is 0 Å². The van der Waals surface area contributed by atoms with E-state index in [0.29, 0.717) is 0 Å². The second-order valence-corrected chi connectivity index (χ2v) is 2.54. The number of aliphatic imine (C=N–C) groups is 1. The Kier molecular flexibility index (Phi) is 18.7. The summed E-state index contributed by atoms with van der Waals surface area (Å²) in [6.45, 7) is 0. The Balaban J connectivity index is 0. The van der Waals surface area contributed by atoms with E-state index in [0.717, 1.165) is 6.08 Å². The van der Waals surface area contributed by atoms with Gasteiger partial charge in [0.15, 0.2) is 0 Å². The van der Waals surface area contributed by atoms with E-state index in [2.05, 4.69) is 4.99 Å². The number of carbonyl (C=O) groups excluding carboxylic acids is 2. The van der Waals surface area contributed by atoms with Crippen molar-refractivity contribution in [3.05, 3.63) is 0 Å². The summed E-state index contributed by atoms with van der Waals surface area (Å²) < 4.78 is 0. The molecule has 0 aliphatic heterocycles. The molecule has 0 amide bonds. The molecular weight excluding hydrogens is 168 g/mol. The van der Waals surface area contributed by atoms with E-state index in [-0.39, 0.29) is 0 Å². The zero-order valence-electron chi connectivity index (χ0n) is 8.01. The average Bonchev–Trinajstić information content (AvgIpc) is 2.22. The van der Waals surface area contributed by atoms with Gasteiger partial charge in [0, 0.05) is 7.05 Å². The normalized spacial score (nSPS) is 13.0. The minimum absolute atomic E-state index is 0.750. The molecule has 0 bridgehead atoms. The second kappa shape index (κ2) is 17.0. The Bertz CT molecular complexity index is 153. The van der Waals surface area contributed by atoms with E-state index >= 15 is 0 Å². The highest BCUT2D eigenvalue weighted by atomic mass is 16.1. The molecule has 0 spiro atoms. The zero-order valence-corrected chi connectivity index (χ0v) is 8.01. The Morgan fingerprint density at radius 1 is 1.00 bits per heavy atom. The molecule has 0 aromatic rings. The third-order valence-corrected chi connectivity index (χ3v) is 1.59. The van der Waals surface area contributed by atoms with Crippen LogP contribution in [0.5, 0.6) is 0 Å². The van der Waals surface area contributed by atoms with Crippen molar-refractivity contribution >= 4 is 12.2 Å². The summed E-state index contributed by atoms with van der Waals surface area (Å²) in [4.78, 5) is 20.2.